The lowest BCUT2D eigenvalue weighted by molar-refractivity contribution is 0.0946. The zero-order valence-electron chi connectivity index (χ0n) is 9.61. The Labute approximate surface area is 105 Å². The Bertz CT molecular complexity index is 398. The van der Waals surface area contributed by atoms with Crippen molar-refractivity contribution in [3.63, 3.8) is 0 Å². The third kappa shape index (κ3) is 4.20. The molecule has 0 bridgehead atoms. The molecule has 6 heteroatoms. The molecule has 1 aromatic rings. The van der Waals surface area contributed by atoms with Gasteiger partial charge >= 0.3 is 0 Å². The topological polar surface area (TPSA) is 88.2 Å². The van der Waals surface area contributed by atoms with Crippen molar-refractivity contribution >= 4 is 23.2 Å². The summed E-state index contributed by atoms with van der Waals surface area (Å²) < 4.78 is 0. The van der Waals surface area contributed by atoms with Gasteiger partial charge in [0.1, 0.15) is 5.15 Å². The van der Waals surface area contributed by atoms with Crippen LogP contribution in [0.3, 0.4) is 0 Å². The number of aromatic nitrogens is 1. The van der Waals surface area contributed by atoms with Gasteiger partial charge in [-0.2, -0.15) is 0 Å². The van der Waals surface area contributed by atoms with Crippen molar-refractivity contribution in [3.8, 4) is 0 Å². The van der Waals surface area contributed by atoms with Gasteiger partial charge in [0.25, 0.3) is 5.91 Å². The number of aliphatic hydroxyl groups excluding tert-OH is 1. The Morgan fingerprint density at radius 2 is 2.41 bits per heavy atom. The fourth-order valence-corrected chi connectivity index (χ4v) is 1.48. The van der Waals surface area contributed by atoms with Crippen LogP contribution < -0.4 is 11.1 Å². The smallest absolute Gasteiger partial charge is 0.253 e. The highest BCUT2D eigenvalue weighted by molar-refractivity contribution is 6.29. The molecular weight excluding hydrogens is 242 g/mol. The lowest BCUT2D eigenvalue weighted by Crippen LogP contribution is -2.29. The van der Waals surface area contributed by atoms with Crippen LogP contribution in [0.15, 0.2) is 12.3 Å². The Morgan fingerprint density at radius 1 is 1.71 bits per heavy atom. The Balaban J connectivity index is 2.61. The van der Waals surface area contributed by atoms with Gasteiger partial charge in [-0.15, -0.1) is 0 Å². The van der Waals surface area contributed by atoms with E-state index in [-0.39, 0.29) is 23.6 Å². The first-order valence-electron chi connectivity index (χ1n) is 5.34. The molecular formula is C11H16ClN3O2. The van der Waals surface area contributed by atoms with Gasteiger partial charge in [0.05, 0.1) is 17.4 Å². The lowest BCUT2D eigenvalue weighted by Gasteiger charge is -2.12. The van der Waals surface area contributed by atoms with Gasteiger partial charge in [0.15, 0.2) is 0 Å². The predicted octanol–water partition coefficient (Wildman–Crippen LogP) is 1.07. The number of hydrogen-bond donors (Lipinski definition) is 3. The van der Waals surface area contributed by atoms with Crippen molar-refractivity contribution in [2.75, 3.05) is 18.9 Å². The number of nitrogens with one attached hydrogen (secondary N) is 1. The number of hydrogen-bond acceptors (Lipinski definition) is 4. The summed E-state index contributed by atoms with van der Waals surface area (Å²) in [4.78, 5) is 15.6. The fourth-order valence-electron chi connectivity index (χ4n) is 1.32. The van der Waals surface area contributed by atoms with Gasteiger partial charge in [-0.3, -0.25) is 4.79 Å². The number of anilines is 1. The van der Waals surface area contributed by atoms with Crippen LogP contribution in [0.2, 0.25) is 5.15 Å². The minimum absolute atomic E-state index is 0.111. The molecule has 0 saturated carbocycles. The normalized spacial score (nSPS) is 12.2. The van der Waals surface area contributed by atoms with E-state index in [0.717, 1.165) is 0 Å². The van der Waals surface area contributed by atoms with Crippen molar-refractivity contribution in [2.24, 2.45) is 5.92 Å². The predicted molar refractivity (Wildman–Crippen MR) is 66.9 cm³/mol. The molecule has 0 saturated heterocycles. The van der Waals surface area contributed by atoms with Gasteiger partial charge < -0.3 is 16.2 Å². The Morgan fingerprint density at radius 3 is 3.06 bits per heavy atom. The number of nitrogens with zero attached hydrogens (tertiary/aromatic N) is 1. The molecule has 1 heterocycles. The molecule has 1 amide bonds. The summed E-state index contributed by atoms with van der Waals surface area (Å²) in [6, 6.07) is 1.43. The second-order valence-electron chi connectivity index (χ2n) is 3.92. The highest BCUT2D eigenvalue weighted by atomic mass is 35.5. The van der Waals surface area contributed by atoms with Crippen LogP contribution in [0, 0.1) is 5.92 Å². The monoisotopic (exact) mass is 257 g/mol. The molecule has 5 nitrogen and oxygen atoms in total. The van der Waals surface area contributed by atoms with Crippen LogP contribution in [-0.2, 0) is 0 Å². The highest BCUT2D eigenvalue weighted by Crippen LogP contribution is 2.14. The molecule has 4 N–H and O–H groups in total. The second-order valence-corrected chi connectivity index (χ2v) is 4.31. The molecule has 0 aliphatic rings. The zero-order valence-corrected chi connectivity index (χ0v) is 10.4. The summed E-state index contributed by atoms with van der Waals surface area (Å²) in [5.41, 5.74) is 6.25. The zero-order chi connectivity index (χ0) is 12.8. The third-order valence-electron chi connectivity index (χ3n) is 2.38. The van der Waals surface area contributed by atoms with E-state index in [1.54, 1.807) is 0 Å². The van der Waals surface area contributed by atoms with Crippen molar-refractivity contribution in [1.29, 1.82) is 0 Å². The van der Waals surface area contributed by atoms with Crippen LogP contribution in [0.1, 0.15) is 23.7 Å². The molecule has 1 rings (SSSR count). The second kappa shape index (κ2) is 6.42. The number of nitrogens with two attached hydrogens (primary N) is 1. The maximum atomic E-state index is 11.8. The van der Waals surface area contributed by atoms with Crippen LogP contribution in [0.25, 0.3) is 0 Å². The van der Waals surface area contributed by atoms with Gasteiger partial charge in [0, 0.05) is 13.2 Å². The van der Waals surface area contributed by atoms with E-state index >= 15 is 0 Å². The van der Waals surface area contributed by atoms with E-state index in [2.05, 4.69) is 10.3 Å². The quantitative estimate of drug-likeness (QED) is 0.689. The average molecular weight is 258 g/mol. The van der Waals surface area contributed by atoms with Crippen molar-refractivity contribution in [3.05, 3.63) is 23.0 Å². The Kier molecular flexibility index (Phi) is 5.18. The first-order chi connectivity index (χ1) is 8.04. The molecule has 0 aromatic carbocycles. The van der Waals surface area contributed by atoms with E-state index in [9.17, 15) is 4.79 Å². The van der Waals surface area contributed by atoms with Crippen molar-refractivity contribution < 1.29 is 9.90 Å². The number of nitrogen functional groups attached to an aromatic ring is 1. The summed E-state index contributed by atoms with van der Waals surface area (Å²) in [7, 11) is 0. The molecule has 0 fully saturated rings. The molecule has 1 aromatic heterocycles. The van der Waals surface area contributed by atoms with E-state index < -0.39 is 0 Å². The summed E-state index contributed by atoms with van der Waals surface area (Å²) in [6.45, 7) is 2.54. The van der Waals surface area contributed by atoms with E-state index in [4.69, 9.17) is 22.4 Å². The largest absolute Gasteiger partial charge is 0.397 e. The standard InChI is InChI=1S/C11H16ClN3O2/c1-7(2-3-16)5-15-11(17)8-4-10(12)14-6-9(8)13/h4,6-7,16H,2-3,5,13H2,1H3,(H,15,17). The van der Waals surface area contributed by atoms with Crippen molar-refractivity contribution in [1.82, 2.24) is 10.3 Å². The van der Waals surface area contributed by atoms with Gasteiger partial charge in [-0.25, -0.2) is 4.98 Å². The molecule has 1 unspecified atom stereocenters. The van der Waals surface area contributed by atoms with Crippen LogP contribution >= 0.6 is 11.6 Å². The van der Waals surface area contributed by atoms with Crippen molar-refractivity contribution in [2.45, 2.75) is 13.3 Å². The van der Waals surface area contributed by atoms with Gasteiger partial charge in [-0.1, -0.05) is 18.5 Å². The van der Waals surface area contributed by atoms with Crippen LogP contribution in [0.4, 0.5) is 5.69 Å². The van der Waals surface area contributed by atoms with Crippen LogP contribution in [-0.4, -0.2) is 29.1 Å². The summed E-state index contributed by atoms with van der Waals surface area (Å²) >= 11 is 5.69. The maximum absolute atomic E-state index is 11.8. The number of carbonyl (C=O) groups is 1. The van der Waals surface area contributed by atoms with E-state index in [1.807, 2.05) is 6.92 Å². The maximum Gasteiger partial charge on any atom is 0.253 e. The average Bonchev–Trinajstić information content (AvgIpc) is 2.29. The molecule has 0 spiro atoms. The minimum Gasteiger partial charge on any atom is -0.397 e. The number of pyridine rings is 1. The number of aliphatic hydroxyl groups is 1. The van der Waals surface area contributed by atoms with Gasteiger partial charge in [-0.05, 0) is 18.4 Å². The summed E-state index contributed by atoms with van der Waals surface area (Å²) in [6.07, 6.45) is 2.00. The summed E-state index contributed by atoms with van der Waals surface area (Å²) in [5, 5.41) is 11.7. The molecule has 17 heavy (non-hydrogen) atoms. The minimum atomic E-state index is -0.281. The van der Waals surface area contributed by atoms with Gasteiger partial charge in [0.2, 0.25) is 0 Å². The lowest BCUT2D eigenvalue weighted by atomic mass is 10.1. The highest BCUT2D eigenvalue weighted by Gasteiger charge is 2.11. The first kappa shape index (κ1) is 13.7. The Hall–Kier alpha value is -1.33. The molecule has 0 radical (unpaired) electrons. The number of amides is 1. The first-order valence-corrected chi connectivity index (χ1v) is 5.72. The number of carbonyl (C=O) groups excluding carboxylic acids is 1. The summed E-state index contributed by atoms with van der Waals surface area (Å²) in [5.74, 6) is -0.0703. The fraction of sp³-hybridized carbons (Fsp3) is 0.455. The SMILES string of the molecule is CC(CCO)CNC(=O)c1cc(Cl)ncc1N. The van der Waals surface area contributed by atoms with Crippen LogP contribution in [0.5, 0.6) is 0 Å². The van der Waals surface area contributed by atoms with E-state index in [1.165, 1.54) is 12.3 Å². The number of halogens is 1. The van der Waals surface area contributed by atoms with E-state index in [0.29, 0.717) is 24.2 Å². The number of rotatable bonds is 5. The third-order valence-corrected chi connectivity index (χ3v) is 2.59. The molecule has 0 aliphatic heterocycles. The molecule has 94 valence electrons. The molecule has 1 atom stereocenters. The molecule has 0 aliphatic carbocycles.